The van der Waals surface area contributed by atoms with E-state index in [1.807, 2.05) is 19.2 Å². The summed E-state index contributed by atoms with van der Waals surface area (Å²) in [6.07, 6.45) is 3.12. The van der Waals surface area contributed by atoms with E-state index in [2.05, 4.69) is 33.8 Å². The van der Waals surface area contributed by atoms with Crippen LogP contribution in [0.1, 0.15) is 29.6 Å². The summed E-state index contributed by atoms with van der Waals surface area (Å²) in [4.78, 5) is 15.1. The zero-order valence-electron chi connectivity index (χ0n) is 11.2. The fourth-order valence-corrected chi connectivity index (χ4v) is 3.31. The van der Waals surface area contributed by atoms with Crippen molar-refractivity contribution in [3.63, 3.8) is 0 Å². The molecule has 4 nitrogen and oxygen atoms in total. The summed E-state index contributed by atoms with van der Waals surface area (Å²) in [5, 5.41) is 9.61. The molecule has 1 aliphatic carbocycles. The standard InChI is InChI=1S/C15H16N2O2S/c1-10-8-17(15(16-10)20-9-14(18)19)13-7-12(13)11-5-3-2-4-6-11/h2-6,8,12-13H,7,9H2,1H3,(H,18,19). The minimum Gasteiger partial charge on any atom is -0.481 e. The van der Waals surface area contributed by atoms with Crippen molar-refractivity contribution in [3.8, 4) is 0 Å². The van der Waals surface area contributed by atoms with E-state index in [9.17, 15) is 4.79 Å². The molecule has 1 N–H and O–H groups in total. The average molecular weight is 288 g/mol. The number of hydrogen-bond donors (Lipinski definition) is 1. The molecule has 1 fully saturated rings. The molecule has 0 radical (unpaired) electrons. The van der Waals surface area contributed by atoms with Crippen LogP contribution in [0.15, 0.2) is 41.7 Å². The van der Waals surface area contributed by atoms with Crippen molar-refractivity contribution >= 4 is 17.7 Å². The monoisotopic (exact) mass is 288 g/mol. The summed E-state index contributed by atoms with van der Waals surface area (Å²) in [6.45, 7) is 1.95. The number of benzene rings is 1. The Morgan fingerprint density at radius 2 is 2.20 bits per heavy atom. The summed E-state index contributed by atoms with van der Waals surface area (Å²) >= 11 is 1.29. The molecule has 1 aromatic heterocycles. The number of imidazole rings is 1. The van der Waals surface area contributed by atoms with Gasteiger partial charge in [-0.1, -0.05) is 42.1 Å². The number of thioether (sulfide) groups is 1. The second kappa shape index (κ2) is 5.32. The topological polar surface area (TPSA) is 55.1 Å². The summed E-state index contributed by atoms with van der Waals surface area (Å²) in [6, 6.07) is 10.9. The van der Waals surface area contributed by atoms with Crippen LogP contribution in [0, 0.1) is 6.92 Å². The van der Waals surface area contributed by atoms with Crippen LogP contribution in [0.2, 0.25) is 0 Å². The third-order valence-electron chi connectivity index (χ3n) is 3.49. The Morgan fingerprint density at radius 3 is 2.90 bits per heavy atom. The second-order valence-electron chi connectivity index (χ2n) is 5.07. The SMILES string of the molecule is Cc1cn(C2CC2c2ccccc2)c(SCC(=O)O)n1. The van der Waals surface area contributed by atoms with Gasteiger partial charge in [-0.15, -0.1) is 0 Å². The van der Waals surface area contributed by atoms with E-state index in [1.54, 1.807) is 0 Å². The van der Waals surface area contributed by atoms with E-state index in [0.29, 0.717) is 12.0 Å². The first kappa shape index (κ1) is 13.2. The average Bonchev–Trinajstić information content (AvgIpc) is 3.14. The van der Waals surface area contributed by atoms with Gasteiger partial charge in [-0.2, -0.15) is 0 Å². The highest BCUT2D eigenvalue weighted by atomic mass is 32.2. The van der Waals surface area contributed by atoms with Crippen molar-refractivity contribution in [2.24, 2.45) is 0 Å². The highest BCUT2D eigenvalue weighted by molar-refractivity contribution is 7.99. The first-order valence-electron chi connectivity index (χ1n) is 6.60. The lowest BCUT2D eigenvalue weighted by molar-refractivity contribution is -0.133. The van der Waals surface area contributed by atoms with Gasteiger partial charge in [0.2, 0.25) is 0 Å². The molecule has 0 bridgehead atoms. The van der Waals surface area contributed by atoms with Crippen molar-refractivity contribution in [2.45, 2.75) is 30.5 Å². The Balaban J connectivity index is 1.77. The van der Waals surface area contributed by atoms with Crippen LogP contribution in [0.5, 0.6) is 0 Å². The van der Waals surface area contributed by atoms with Crippen molar-refractivity contribution in [1.82, 2.24) is 9.55 Å². The Morgan fingerprint density at radius 1 is 1.45 bits per heavy atom. The lowest BCUT2D eigenvalue weighted by Gasteiger charge is -2.06. The van der Waals surface area contributed by atoms with E-state index < -0.39 is 5.97 Å². The number of aryl methyl sites for hydroxylation is 1. The van der Waals surface area contributed by atoms with Crippen LogP contribution in [0.4, 0.5) is 0 Å². The normalized spacial score (nSPS) is 20.9. The van der Waals surface area contributed by atoms with Gasteiger partial charge in [0.05, 0.1) is 11.4 Å². The quantitative estimate of drug-likeness (QED) is 0.859. The van der Waals surface area contributed by atoms with E-state index >= 15 is 0 Å². The fourth-order valence-electron chi connectivity index (χ4n) is 2.51. The molecule has 0 spiro atoms. The molecular weight excluding hydrogens is 272 g/mol. The molecular formula is C15H16N2O2S. The molecule has 1 aromatic carbocycles. The largest absolute Gasteiger partial charge is 0.481 e. The predicted octanol–water partition coefficient (Wildman–Crippen LogP) is 3.10. The van der Waals surface area contributed by atoms with Crippen LogP contribution in [0.25, 0.3) is 0 Å². The molecule has 104 valence electrons. The number of aromatic nitrogens is 2. The van der Waals surface area contributed by atoms with E-state index in [0.717, 1.165) is 17.3 Å². The molecule has 0 amide bonds. The minimum atomic E-state index is -0.808. The maximum atomic E-state index is 10.7. The Labute approximate surface area is 121 Å². The van der Waals surface area contributed by atoms with Gasteiger partial charge in [-0.25, -0.2) is 4.98 Å². The van der Waals surface area contributed by atoms with Crippen LogP contribution >= 0.6 is 11.8 Å². The van der Waals surface area contributed by atoms with Crippen LogP contribution in [0.3, 0.4) is 0 Å². The second-order valence-corrected chi connectivity index (χ2v) is 6.02. The minimum absolute atomic E-state index is 0.0547. The number of nitrogens with zero attached hydrogens (tertiary/aromatic N) is 2. The Hall–Kier alpha value is -1.75. The number of aliphatic carboxylic acids is 1. The van der Waals surface area contributed by atoms with E-state index in [1.165, 1.54) is 17.3 Å². The molecule has 20 heavy (non-hydrogen) atoms. The summed E-state index contributed by atoms with van der Waals surface area (Å²) in [7, 11) is 0. The van der Waals surface area contributed by atoms with Crippen molar-refractivity contribution in [3.05, 3.63) is 47.8 Å². The highest BCUT2D eigenvalue weighted by Crippen LogP contribution is 2.52. The molecule has 1 aliphatic rings. The van der Waals surface area contributed by atoms with Crippen molar-refractivity contribution < 1.29 is 9.90 Å². The number of rotatable bonds is 5. The molecule has 2 atom stereocenters. The zero-order valence-corrected chi connectivity index (χ0v) is 12.0. The highest BCUT2D eigenvalue weighted by Gasteiger charge is 2.41. The van der Waals surface area contributed by atoms with Crippen molar-refractivity contribution in [1.29, 1.82) is 0 Å². The van der Waals surface area contributed by atoms with Gasteiger partial charge < -0.3 is 9.67 Å². The zero-order chi connectivity index (χ0) is 14.1. The van der Waals surface area contributed by atoms with Gasteiger partial charge in [0.1, 0.15) is 0 Å². The maximum absolute atomic E-state index is 10.7. The first-order valence-corrected chi connectivity index (χ1v) is 7.58. The van der Waals surface area contributed by atoms with Crippen LogP contribution in [-0.2, 0) is 4.79 Å². The predicted molar refractivity (Wildman–Crippen MR) is 78.2 cm³/mol. The van der Waals surface area contributed by atoms with E-state index in [-0.39, 0.29) is 5.75 Å². The molecule has 1 heterocycles. The lowest BCUT2D eigenvalue weighted by atomic mass is 10.1. The van der Waals surface area contributed by atoms with Gasteiger partial charge in [0.25, 0.3) is 0 Å². The van der Waals surface area contributed by atoms with Crippen molar-refractivity contribution in [2.75, 3.05) is 5.75 Å². The van der Waals surface area contributed by atoms with Gasteiger partial charge in [0.15, 0.2) is 5.16 Å². The molecule has 2 aromatic rings. The smallest absolute Gasteiger partial charge is 0.313 e. The van der Waals surface area contributed by atoms with Crippen LogP contribution < -0.4 is 0 Å². The molecule has 5 heteroatoms. The lowest BCUT2D eigenvalue weighted by Crippen LogP contribution is -2.02. The van der Waals surface area contributed by atoms with Crippen LogP contribution in [-0.4, -0.2) is 26.4 Å². The third-order valence-corrected chi connectivity index (χ3v) is 4.44. The first-order chi connectivity index (χ1) is 9.65. The van der Waals surface area contributed by atoms with Gasteiger partial charge >= 0.3 is 5.97 Å². The number of carbonyl (C=O) groups is 1. The fraction of sp³-hybridized carbons (Fsp3) is 0.333. The summed E-state index contributed by atoms with van der Waals surface area (Å²) in [5.41, 5.74) is 2.29. The molecule has 0 aliphatic heterocycles. The Bertz CT molecular complexity index is 624. The van der Waals surface area contributed by atoms with E-state index in [4.69, 9.17) is 5.11 Å². The number of carboxylic acid groups (broad SMARTS) is 1. The summed E-state index contributed by atoms with van der Waals surface area (Å²) in [5.74, 6) is -0.231. The molecule has 3 rings (SSSR count). The molecule has 2 unspecified atom stereocenters. The van der Waals surface area contributed by atoms with Gasteiger partial charge in [-0.3, -0.25) is 4.79 Å². The third kappa shape index (κ3) is 2.72. The Kier molecular flexibility index (Phi) is 3.53. The number of hydrogen-bond acceptors (Lipinski definition) is 3. The molecule has 1 saturated carbocycles. The molecule has 0 saturated heterocycles. The van der Waals surface area contributed by atoms with Gasteiger partial charge in [-0.05, 0) is 18.9 Å². The number of carboxylic acids is 1. The summed E-state index contributed by atoms with van der Waals surface area (Å²) < 4.78 is 2.14. The van der Waals surface area contributed by atoms with Gasteiger partial charge in [0, 0.05) is 18.2 Å². The maximum Gasteiger partial charge on any atom is 0.313 e.